The zero-order valence-electron chi connectivity index (χ0n) is 15.3. The van der Waals surface area contributed by atoms with E-state index in [1.54, 1.807) is 11.0 Å². The molecule has 0 aliphatic heterocycles. The topological polar surface area (TPSA) is 62.3 Å². The summed E-state index contributed by atoms with van der Waals surface area (Å²) in [5, 5.41) is 3.31. The monoisotopic (exact) mass is 341 g/mol. The van der Waals surface area contributed by atoms with Crippen LogP contribution in [0, 0.1) is 24.2 Å². The number of rotatable bonds is 3. The van der Waals surface area contributed by atoms with E-state index >= 15 is 0 Å². The molecule has 1 aromatic rings. The number of carbonyl (C=O) groups excluding carboxylic acids is 2. The third-order valence-corrected chi connectivity index (χ3v) is 6.42. The van der Waals surface area contributed by atoms with Gasteiger partial charge in [0.05, 0.1) is 5.41 Å². The molecule has 2 atom stereocenters. The fraction of sp³-hybridized carbons (Fsp3) is 0.650. The number of aromatic nitrogens is 1. The van der Waals surface area contributed by atoms with Crippen LogP contribution in [-0.4, -0.2) is 41.3 Å². The van der Waals surface area contributed by atoms with E-state index in [9.17, 15) is 9.59 Å². The summed E-state index contributed by atoms with van der Waals surface area (Å²) in [5.74, 6) is 1.25. The lowest BCUT2D eigenvalue weighted by Gasteiger charge is -2.61. The minimum Gasteiger partial charge on any atom is -0.348 e. The van der Waals surface area contributed by atoms with Crippen molar-refractivity contribution in [3.63, 3.8) is 0 Å². The van der Waals surface area contributed by atoms with Gasteiger partial charge in [-0.2, -0.15) is 0 Å². The van der Waals surface area contributed by atoms with E-state index in [-0.39, 0.29) is 22.8 Å². The van der Waals surface area contributed by atoms with Gasteiger partial charge in [0.2, 0.25) is 5.91 Å². The minimum absolute atomic E-state index is 0.0990. The molecule has 1 aromatic heterocycles. The molecule has 0 spiro atoms. The smallest absolute Gasteiger partial charge is 0.270 e. The van der Waals surface area contributed by atoms with Crippen molar-refractivity contribution >= 4 is 11.8 Å². The van der Waals surface area contributed by atoms with Gasteiger partial charge in [-0.05, 0) is 69.4 Å². The van der Waals surface area contributed by atoms with E-state index < -0.39 is 0 Å². The molecule has 4 saturated carbocycles. The average Bonchev–Trinajstić information content (AvgIpc) is 2.52. The summed E-state index contributed by atoms with van der Waals surface area (Å²) < 4.78 is 0. The number of amides is 2. The first-order chi connectivity index (χ1) is 11.8. The number of hydrogen-bond donors (Lipinski definition) is 1. The second-order valence-corrected chi connectivity index (χ2v) is 8.84. The molecule has 4 bridgehead atoms. The predicted molar refractivity (Wildman–Crippen MR) is 95.0 cm³/mol. The van der Waals surface area contributed by atoms with Crippen LogP contribution in [0.4, 0.5) is 0 Å². The molecular weight excluding hydrogens is 314 g/mol. The molecule has 4 fully saturated rings. The summed E-state index contributed by atoms with van der Waals surface area (Å²) in [7, 11) is 3.70. The van der Waals surface area contributed by atoms with Crippen molar-refractivity contribution < 1.29 is 9.59 Å². The van der Waals surface area contributed by atoms with Crippen LogP contribution in [0.5, 0.6) is 0 Å². The molecule has 134 valence electrons. The second kappa shape index (κ2) is 5.55. The maximum absolute atomic E-state index is 12.9. The van der Waals surface area contributed by atoms with Crippen molar-refractivity contribution in [2.24, 2.45) is 17.3 Å². The molecule has 1 N–H and O–H groups in total. The summed E-state index contributed by atoms with van der Waals surface area (Å²) in [4.78, 5) is 31.9. The molecule has 1 heterocycles. The van der Waals surface area contributed by atoms with Gasteiger partial charge in [0, 0.05) is 25.3 Å². The molecular formula is C20H27N3O2. The van der Waals surface area contributed by atoms with Crippen molar-refractivity contribution in [2.75, 3.05) is 14.1 Å². The third kappa shape index (κ3) is 2.74. The van der Waals surface area contributed by atoms with Crippen LogP contribution < -0.4 is 5.32 Å². The van der Waals surface area contributed by atoms with Crippen LogP contribution in [0.25, 0.3) is 0 Å². The Morgan fingerprint density at radius 1 is 1.16 bits per heavy atom. The summed E-state index contributed by atoms with van der Waals surface area (Å²) in [6.45, 7) is 1.90. The fourth-order valence-corrected chi connectivity index (χ4v) is 6.11. The Labute approximate surface area is 149 Å². The van der Waals surface area contributed by atoms with E-state index in [1.807, 2.05) is 33.2 Å². The highest BCUT2D eigenvalue weighted by Gasteiger charge is 2.61. The van der Waals surface area contributed by atoms with Crippen LogP contribution in [0.1, 0.15) is 54.7 Å². The summed E-state index contributed by atoms with van der Waals surface area (Å²) in [5.41, 5.74) is 0.806. The molecule has 5 heteroatoms. The van der Waals surface area contributed by atoms with Gasteiger partial charge in [-0.1, -0.05) is 6.07 Å². The molecule has 25 heavy (non-hydrogen) atoms. The van der Waals surface area contributed by atoms with Crippen LogP contribution in [0.3, 0.4) is 0 Å². The zero-order valence-corrected chi connectivity index (χ0v) is 15.3. The van der Waals surface area contributed by atoms with Gasteiger partial charge in [0.1, 0.15) is 5.69 Å². The predicted octanol–water partition coefficient (Wildman–Crippen LogP) is 2.55. The molecule has 4 aliphatic rings. The van der Waals surface area contributed by atoms with Gasteiger partial charge in [0.25, 0.3) is 5.91 Å². The normalized spacial score (nSPS) is 35.5. The van der Waals surface area contributed by atoms with E-state index in [0.717, 1.165) is 37.8 Å². The lowest BCUT2D eigenvalue weighted by Crippen LogP contribution is -2.65. The standard InChI is InChI=1S/C20H27N3O2/c1-13-5-4-6-16(21-13)17(24)22-20-10-14-7-15(11-20)9-19(8-14,12-20)18(25)23(2)3/h4-6,14-15H,7-12H2,1-3H3,(H,22,24). The van der Waals surface area contributed by atoms with Gasteiger partial charge in [-0.15, -0.1) is 0 Å². The van der Waals surface area contributed by atoms with E-state index in [1.165, 1.54) is 6.42 Å². The van der Waals surface area contributed by atoms with E-state index in [2.05, 4.69) is 10.3 Å². The summed E-state index contributed by atoms with van der Waals surface area (Å²) >= 11 is 0. The highest BCUT2D eigenvalue weighted by atomic mass is 16.2. The lowest BCUT2D eigenvalue weighted by molar-refractivity contribution is -0.158. The Morgan fingerprint density at radius 2 is 1.84 bits per heavy atom. The fourth-order valence-electron chi connectivity index (χ4n) is 6.11. The molecule has 2 unspecified atom stereocenters. The van der Waals surface area contributed by atoms with Gasteiger partial charge in [0.15, 0.2) is 0 Å². The van der Waals surface area contributed by atoms with Crippen molar-refractivity contribution in [1.29, 1.82) is 0 Å². The van der Waals surface area contributed by atoms with Crippen LogP contribution >= 0.6 is 0 Å². The number of hydrogen-bond acceptors (Lipinski definition) is 3. The molecule has 0 radical (unpaired) electrons. The quantitative estimate of drug-likeness (QED) is 0.919. The average molecular weight is 341 g/mol. The Morgan fingerprint density at radius 3 is 2.44 bits per heavy atom. The molecule has 4 aliphatic carbocycles. The zero-order chi connectivity index (χ0) is 17.8. The number of pyridine rings is 1. The first-order valence-electron chi connectivity index (χ1n) is 9.29. The molecule has 5 nitrogen and oxygen atoms in total. The first kappa shape index (κ1) is 16.6. The highest BCUT2D eigenvalue weighted by Crippen LogP contribution is 2.62. The maximum Gasteiger partial charge on any atom is 0.270 e. The second-order valence-electron chi connectivity index (χ2n) is 8.84. The van der Waals surface area contributed by atoms with Gasteiger partial charge < -0.3 is 10.2 Å². The van der Waals surface area contributed by atoms with Gasteiger partial charge in [-0.25, -0.2) is 4.98 Å². The molecule has 2 amide bonds. The van der Waals surface area contributed by atoms with Crippen LogP contribution in [-0.2, 0) is 4.79 Å². The number of carbonyl (C=O) groups is 2. The molecule has 5 rings (SSSR count). The Balaban J connectivity index is 1.61. The number of aryl methyl sites for hydroxylation is 1. The largest absolute Gasteiger partial charge is 0.348 e. The van der Waals surface area contributed by atoms with Crippen molar-refractivity contribution in [1.82, 2.24) is 15.2 Å². The van der Waals surface area contributed by atoms with E-state index in [4.69, 9.17) is 0 Å². The Kier molecular flexibility index (Phi) is 3.67. The van der Waals surface area contributed by atoms with Crippen molar-refractivity contribution in [2.45, 2.75) is 51.0 Å². The Bertz CT molecular complexity index is 713. The Hall–Kier alpha value is -1.91. The maximum atomic E-state index is 12.9. The molecule has 0 aromatic carbocycles. The van der Waals surface area contributed by atoms with Gasteiger partial charge in [-0.3, -0.25) is 9.59 Å². The van der Waals surface area contributed by atoms with Crippen molar-refractivity contribution in [3.05, 3.63) is 29.6 Å². The number of nitrogens with one attached hydrogen (secondary N) is 1. The van der Waals surface area contributed by atoms with E-state index in [0.29, 0.717) is 17.5 Å². The van der Waals surface area contributed by atoms with Crippen molar-refractivity contribution in [3.8, 4) is 0 Å². The molecule has 0 saturated heterocycles. The summed E-state index contributed by atoms with van der Waals surface area (Å²) in [6, 6.07) is 5.53. The minimum atomic E-state index is -0.277. The van der Waals surface area contributed by atoms with Gasteiger partial charge >= 0.3 is 0 Å². The number of nitrogens with zero attached hydrogens (tertiary/aromatic N) is 2. The van der Waals surface area contributed by atoms with Crippen LogP contribution in [0.15, 0.2) is 18.2 Å². The van der Waals surface area contributed by atoms with Crippen LogP contribution in [0.2, 0.25) is 0 Å². The summed E-state index contributed by atoms with van der Waals surface area (Å²) in [6.07, 6.45) is 5.97. The third-order valence-electron chi connectivity index (χ3n) is 6.42. The lowest BCUT2D eigenvalue weighted by atomic mass is 9.46. The SMILES string of the molecule is Cc1cccc(C(=O)NC23CC4CC(C2)CC(C(=O)N(C)C)(C4)C3)n1. The highest BCUT2D eigenvalue weighted by molar-refractivity contribution is 5.93. The first-order valence-corrected chi connectivity index (χ1v) is 9.29.